The lowest BCUT2D eigenvalue weighted by molar-refractivity contribution is -0.0769. The lowest BCUT2D eigenvalue weighted by Crippen LogP contribution is -2.43. The number of ether oxygens (including phenoxy) is 1. The molecule has 0 radical (unpaired) electrons. The minimum atomic E-state index is -0.163. The van der Waals surface area contributed by atoms with Gasteiger partial charge in [0.05, 0.1) is 11.7 Å². The first-order valence-electron chi connectivity index (χ1n) is 4.41. The molecule has 0 aromatic carbocycles. The van der Waals surface area contributed by atoms with Crippen LogP contribution >= 0.6 is 0 Å². The first-order valence-corrected chi connectivity index (χ1v) is 5.22. The maximum absolute atomic E-state index is 5.51. The molecular formula is C9H20O2Si. The van der Waals surface area contributed by atoms with Crippen LogP contribution in [0.1, 0.15) is 26.7 Å². The smallest absolute Gasteiger partial charge is 0.147 e. The van der Waals surface area contributed by atoms with E-state index in [1.54, 1.807) is 7.11 Å². The van der Waals surface area contributed by atoms with Crippen molar-refractivity contribution < 1.29 is 9.16 Å². The monoisotopic (exact) mass is 188 g/mol. The van der Waals surface area contributed by atoms with Gasteiger partial charge in [-0.15, -0.1) is 6.58 Å². The van der Waals surface area contributed by atoms with Crippen molar-refractivity contribution in [2.24, 2.45) is 0 Å². The van der Waals surface area contributed by atoms with Crippen LogP contribution in [-0.2, 0) is 9.16 Å². The van der Waals surface area contributed by atoms with E-state index in [-0.39, 0.29) is 11.7 Å². The minimum Gasteiger partial charge on any atom is -0.419 e. The Balaban J connectivity index is 4.53. The zero-order chi connectivity index (χ0) is 9.61. The quantitative estimate of drug-likeness (QED) is 0.458. The maximum Gasteiger partial charge on any atom is 0.147 e. The van der Waals surface area contributed by atoms with Gasteiger partial charge in [0, 0.05) is 7.11 Å². The third kappa shape index (κ3) is 2.18. The molecule has 0 saturated carbocycles. The van der Waals surface area contributed by atoms with Crippen molar-refractivity contribution in [1.29, 1.82) is 0 Å². The molecule has 0 N–H and O–H groups in total. The van der Waals surface area contributed by atoms with E-state index in [9.17, 15) is 0 Å². The van der Waals surface area contributed by atoms with Crippen molar-refractivity contribution in [2.45, 2.75) is 38.4 Å². The molecule has 0 aromatic rings. The van der Waals surface area contributed by atoms with Crippen molar-refractivity contribution in [2.75, 3.05) is 7.11 Å². The lowest BCUT2D eigenvalue weighted by atomic mass is 9.90. The van der Waals surface area contributed by atoms with Gasteiger partial charge in [0.15, 0.2) is 0 Å². The average Bonchev–Trinajstić information content (AvgIpc) is 2.14. The molecule has 0 saturated heterocycles. The van der Waals surface area contributed by atoms with Crippen LogP contribution in [0.4, 0.5) is 0 Å². The summed E-state index contributed by atoms with van der Waals surface area (Å²) in [6, 6.07) is 0. The Hall–Kier alpha value is -0.123. The van der Waals surface area contributed by atoms with Crippen LogP contribution in [0.2, 0.25) is 0 Å². The first kappa shape index (κ1) is 11.9. The number of methoxy groups -OCH3 is 1. The highest BCUT2D eigenvalue weighted by Crippen LogP contribution is 2.26. The summed E-state index contributed by atoms with van der Waals surface area (Å²) in [7, 11) is 2.47. The molecule has 0 aliphatic carbocycles. The number of hydrogen-bond acceptors (Lipinski definition) is 2. The van der Waals surface area contributed by atoms with Gasteiger partial charge in [-0.25, -0.2) is 0 Å². The Morgan fingerprint density at radius 1 is 1.50 bits per heavy atom. The van der Waals surface area contributed by atoms with Crippen LogP contribution in [0.25, 0.3) is 0 Å². The molecule has 0 aliphatic heterocycles. The Bertz CT molecular complexity index is 124. The summed E-state index contributed by atoms with van der Waals surface area (Å²) in [5.41, 5.74) is -0.163. The molecule has 0 heterocycles. The highest BCUT2D eigenvalue weighted by molar-refractivity contribution is 5.98. The van der Waals surface area contributed by atoms with Gasteiger partial charge in [0.25, 0.3) is 0 Å². The predicted molar refractivity (Wildman–Crippen MR) is 55.3 cm³/mol. The predicted octanol–water partition coefficient (Wildman–Crippen LogP) is 1.04. The molecule has 0 rings (SSSR count). The van der Waals surface area contributed by atoms with Gasteiger partial charge in [0.1, 0.15) is 10.5 Å². The highest BCUT2D eigenvalue weighted by atomic mass is 28.2. The second-order valence-electron chi connectivity index (χ2n) is 2.87. The van der Waals surface area contributed by atoms with Gasteiger partial charge in [-0.1, -0.05) is 19.9 Å². The minimum absolute atomic E-state index is 0.0455. The molecule has 1 atom stereocenters. The van der Waals surface area contributed by atoms with Gasteiger partial charge < -0.3 is 9.16 Å². The molecular weight excluding hydrogens is 168 g/mol. The summed E-state index contributed by atoms with van der Waals surface area (Å²) < 4.78 is 10.9. The maximum atomic E-state index is 5.51. The summed E-state index contributed by atoms with van der Waals surface area (Å²) in [6.45, 7) is 7.99. The summed E-state index contributed by atoms with van der Waals surface area (Å²) in [6.07, 6.45) is 3.80. The molecule has 0 aliphatic rings. The van der Waals surface area contributed by atoms with Gasteiger partial charge >= 0.3 is 0 Å². The molecule has 0 fully saturated rings. The fourth-order valence-electron chi connectivity index (χ4n) is 1.58. The van der Waals surface area contributed by atoms with Gasteiger partial charge in [-0.3, -0.25) is 0 Å². The fraction of sp³-hybridized carbons (Fsp3) is 0.778. The SMILES string of the molecule is C=CC(O[SiH3])C(CC)(CC)OC. The molecule has 0 amide bonds. The van der Waals surface area contributed by atoms with Crippen LogP contribution in [0.3, 0.4) is 0 Å². The molecule has 12 heavy (non-hydrogen) atoms. The van der Waals surface area contributed by atoms with E-state index < -0.39 is 0 Å². The molecule has 72 valence electrons. The molecule has 0 bridgehead atoms. The third-order valence-corrected chi connectivity index (χ3v) is 3.10. The van der Waals surface area contributed by atoms with Crippen molar-refractivity contribution in [3.8, 4) is 0 Å². The number of rotatable bonds is 6. The van der Waals surface area contributed by atoms with E-state index in [1.165, 1.54) is 0 Å². The standard InChI is InChI=1S/C9H20O2Si/c1-5-8(11-12)9(6-2,7-3)10-4/h5,8H,1,6-7H2,2-4,12H3. The van der Waals surface area contributed by atoms with Crippen LogP contribution in [-0.4, -0.2) is 29.3 Å². The zero-order valence-corrected chi connectivity index (χ0v) is 10.6. The average molecular weight is 188 g/mol. The van der Waals surface area contributed by atoms with Crippen molar-refractivity contribution in [3.05, 3.63) is 12.7 Å². The van der Waals surface area contributed by atoms with Crippen molar-refractivity contribution in [1.82, 2.24) is 0 Å². The van der Waals surface area contributed by atoms with Crippen LogP contribution in [0.15, 0.2) is 12.7 Å². The van der Waals surface area contributed by atoms with E-state index >= 15 is 0 Å². The second kappa shape index (κ2) is 5.51. The summed E-state index contributed by atoms with van der Waals surface area (Å²) in [5, 5.41) is 0. The largest absolute Gasteiger partial charge is 0.419 e. The van der Waals surface area contributed by atoms with Crippen molar-refractivity contribution >= 4 is 10.5 Å². The van der Waals surface area contributed by atoms with Crippen LogP contribution < -0.4 is 0 Å². The highest BCUT2D eigenvalue weighted by Gasteiger charge is 2.33. The van der Waals surface area contributed by atoms with E-state index in [2.05, 4.69) is 20.4 Å². The topological polar surface area (TPSA) is 18.5 Å². The Morgan fingerprint density at radius 2 is 2.00 bits per heavy atom. The lowest BCUT2D eigenvalue weighted by Gasteiger charge is -2.36. The van der Waals surface area contributed by atoms with Crippen molar-refractivity contribution in [3.63, 3.8) is 0 Å². The van der Waals surface area contributed by atoms with E-state index in [1.807, 2.05) is 6.08 Å². The van der Waals surface area contributed by atoms with E-state index in [0.717, 1.165) is 23.3 Å². The summed E-state index contributed by atoms with van der Waals surface area (Å²) in [5.74, 6) is 0. The van der Waals surface area contributed by atoms with E-state index in [4.69, 9.17) is 9.16 Å². The molecule has 1 unspecified atom stereocenters. The summed E-state index contributed by atoms with van der Waals surface area (Å²) >= 11 is 0. The third-order valence-electron chi connectivity index (χ3n) is 2.59. The molecule has 3 heteroatoms. The fourth-order valence-corrected chi connectivity index (χ4v) is 2.20. The van der Waals surface area contributed by atoms with Gasteiger partial charge in [-0.05, 0) is 12.8 Å². The molecule has 0 aromatic heterocycles. The Kier molecular flexibility index (Phi) is 5.45. The van der Waals surface area contributed by atoms with Gasteiger partial charge in [0.2, 0.25) is 0 Å². The Morgan fingerprint density at radius 3 is 2.08 bits per heavy atom. The van der Waals surface area contributed by atoms with Crippen LogP contribution in [0, 0.1) is 0 Å². The Labute approximate surface area is 78.5 Å². The first-order chi connectivity index (χ1) is 5.70. The van der Waals surface area contributed by atoms with Crippen LogP contribution in [0.5, 0.6) is 0 Å². The van der Waals surface area contributed by atoms with E-state index in [0.29, 0.717) is 0 Å². The summed E-state index contributed by atoms with van der Waals surface area (Å²) in [4.78, 5) is 0. The second-order valence-corrected chi connectivity index (χ2v) is 3.34. The molecule has 0 spiro atoms. The van der Waals surface area contributed by atoms with Gasteiger partial charge in [-0.2, -0.15) is 0 Å². The normalized spacial score (nSPS) is 14.6. The zero-order valence-electron chi connectivity index (χ0n) is 8.59. The number of hydrogen-bond donors (Lipinski definition) is 0. The molecule has 2 nitrogen and oxygen atoms in total.